The number of nitrogens with one attached hydrogen (secondary N) is 4. The molecule has 4 aliphatic heterocycles. The Morgan fingerprint density at radius 2 is 1.07 bits per heavy atom. The van der Waals surface area contributed by atoms with E-state index in [4.69, 9.17) is 37.9 Å². The van der Waals surface area contributed by atoms with Gasteiger partial charge in [0.25, 0.3) is 0 Å². The average Bonchev–Trinajstić information content (AvgIpc) is 1.68. The number of carbonyl (C=O) groups excluding carboxylic acids is 2. The molecule has 4 fully saturated rings. The Labute approximate surface area is 525 Å². The van der Waals surface area contributed by atoms with Gasteiger partial charge in [-0.15, -0.1) is 0 Å². The third kappa shape index (κ3) is 13.8. The van der Waals surface area contributed by atoms with E-state index in [0.717, 1.165) is 47.9 Å². The molecule has 472 valence electrons. The van der Waals surface area contributed by atoms with Crippen LogP contribution in [-0.4, -0.2) is 152 Å². The molecule has 13 rings (SSSR count). The Bertz CT molecular complexity index is 4130. The van der Waals surface area contributed by atoms with Crippen LogP contribution in [0.4, 0.5) is 21.2 Å². The second-order valence-electron chi connectivity index (χ2n) is 21.3. The van der Waals surface area contributed by atoms with Crippen LogP contribution in [0.1, 0.15) is 90.1 Å². The van der Waals surface area contributed by atoms with Gasteiger partial charge < -0.3 is 58.7 Å². The molecule has 4 saturated heterocycles. The van der Waals surface area contributed by atoms with Gasteiger partial charge in [-0.3, -0.25) is 19.8 Å². The van der Waals surface area contributed by atoms with Crippen molar-refractivity contribution >= 4 is 58.0 Å². The van der Waals surface area contributed by atoms with Crippen LogP contribution in [0, 0.1) is 11.8 Å². The number of hydrogen-bond acceptors (Lipinski definition) is 20. The predicted octanol–water partition coefficient (Wildman–Crippen LogP) is 7.95. The summed E-state index contributed by atoms with van der Waals surface area (Å²) in [6.07, 6.45) is 5.81. The highest BCUT2D eigenvalue weighted by molar-refractivity contribution is 5.97. The number of pyridine rings is 2. The number of fused-ring (bicyclic) bond motifs is 4. The minimum absolute atomic E-state index is 0.0317. The van der Waals surface area contributed by atoms with Crippen molar-refractivity contribution in [1.29, 1.82) is 0 Å². The summed E-state index contributed by atoms with van der Waals surface area (Å²) in [5, 5.41) is 30.1. The summed E-state index contributed by atoms with van der Waals surface area (Å²) in [4.78, 5) is 82.5. The number of benzene rings is 3. The molecule has 10 heterocycles. The van der Waals surface area contributed by atoms with Gasteiger partial charge in [-0.1, -0.05) is 105 Å². The van der Waals surface area contributed by atoms with Gasteiger partial charge >= 0.3 is 24.0 Å². The minimum Gasteiger partial charge on any atom is -0.477 e. The van der Waals surface area contributed by atoms with Crippen LogP contribution < -0.4 is 30.7 Å². The standard InChI is InChI=1S/C36H37N7O7.C28H25N7O7/c1-2-3-4-8-17-38-36(46)42-30-27-31(40-20-39-30)43(21-41-27)33-29-28(26(48-33)19-47-32-25(34(44)45)12-9-18-37-32)49-35(50-29)24-15-13-23(14-16-24)22-10-6-5-7-11-22;1-2-29-28(38)34-23-20-24(32-14-31-23)35(15-33-20)26-22-21(41-19(42-22)11-10-16-7-4-3-5-8-16)18(40-26)13-39-25-17(27(36)37)9-6-12-30-25/h5-7,9-16,18,20-21,26,28-29,33,35H,2-4,8,17,19H2,1H3,(H,44,45)(H2,38,39,40,42,46);3-9,12,14-15,18-19,21-22,26H,2,13H2,1H3,(H,36,37)(H2,29,31,32,34,38). The number of unbranched alkanes of at least 4 members (excludes halogenated alkanes) is 3. The minimum atomic E-state index is -1.17. The smallest absolute Gasteiger partial charge is 0.341 e. The molecular weight excluding hydrogens is 1190 g/mol. The Morgan fingerprint density at radius 3 is 1.63 bits per heavy atom. The molecule has 0 spiro atoms. The maximum Gasteiger partial charge on any atom is 0.341 e. The Hall–Kier alpha value is -10.5. The third-order valence-electron chi connectivity index (χ3n) is 15.2. The predicted molar refractivity (Wildman–Crippen MR) is 327 cm³/mol. The molecule has 0 saturated carbocycles. The fourth-order valence-corrected chi connectivity index (χ4v) is 10.9. The quantitative estimate of drug-likeness (QED) is 0.0311. The molecule has 28 heteroatoms. The van der Waals surface area contributed by atoms with E-state index in [-0.39, 0.29) is 53.8 Å². The summed E-state index contributed by atoms with van der Waals surface area (Å²) >= 11 is 0. The highest BCUT2D eigenvalue weighted by Crippen LogP contribution is 2.46. The van der Waals surface area contributed by atoms with E-state index in [1.54, 1.807) is 22.4 Å². The van der Waals surface area contributed by atoms with Gasteiger partial charge in [-0.25, -0.2) is 59.0 Å². The average molecular weight is 1250 g/mol. The van der Waals surface area contributed by atoms with Crippen molar-refractivity contribution in [3.8, 4) is 34.7 Å². The summed E-state index contributed by atoms with van der Waals surface area (Å²) in [5.74, 6) is 4.13. The monoisotopic (exact) mass is 1250 g/mol. The van der Waals surface area contributed by atoms with Crippen molar-refractivity contribution in [1.82, 2.24) is 59.6 Å². The molecule has 4 amide bonds. The zero-order valence-electron chi connectivity index (χ0n) is 49.6. The lowest BCUT2D eigenvalue weighted by atomic mass is 10.0. The molecule has 0 bridgehead atoms. The first-order valence-electron chi connectivity index (χ1n) is 29.7. The highest BCUT2D eigenvalue weighted by Gasteiger charge is 2.56. The number of carboxylic acid groups (broad SMARTS) is 2. The number of rotatable bonds is 20. The molecule has 28 nitrogen and oxygen atoms in total. The molecule has 4 aliphatic rings. The van der Waals surface area contributed by atoms with Crippen molar-refractivity contribution in [3.63, 3.8) is 0 Å². The van der Waals surface area contributed by atoms with E-state index in [2.05, 4.69) is 79.9 Å². The number of ether oxygens (including phenoxy) is 8. The number of aromatic nitrogens is 10. The summed E-state index contributed by atoms with van der Waals surface area (Å²) < 4.78 is 53.3. The molecule has 92 heavy (non-hydrogen) atoms. The van der Waals surface area contributed by atoms with Crippen molar-refractivity contribution in [2.75, 3.05) is 36.9 Å². The molecule has 10 unspecified atom stereocenters. The highest BCUT2D eigenvalue weighted by atomic mass is 16.8. The normalized spacial score (nSPS) is 21.8. The first-order valence-corrected chi connectivity index (χ1v) is 29.7. The molecule has 10 atom stereocenters. The fourth-order valence-electron chi connectivity index (χ4n) is 10.9. The van der Waals surface area contributed by atoms with Gasteiger partial charge in [0, 0.05) is 36.6 Å². The van der Waals surface area contributed by atoms with Gasteiger partial charge in [0.1, 0.15) is 73.6 Å². The number of hydrogen-bond donors (Lipinski definition) is 6. The molecule has 3 aromatic carbocycles. The van der Waals surface area contributed by atoms with Crippen molar-refractivity contribution < 1.29 is 67.3 Å². The second kappa shape index (κ2) is 28.5. The summed E-state index contributed by atoms with van der Waals surface area (Å²) in [5.41, 5.74) is 5.16. The number of nitrogens with zero attached hydrogens (tertiary/aromatic N) is 10. The van der Waals surface area contributed by atoms with E-state index in [1.165, 1.54) is 55.6 Å². The number of anilines is 2. The van der Waals surface area contributed by atoms with Gasteiger partial charge in [0.15, 0.2) is 52.7 Å². The fraction of sp³-hybridized carbons (Fsp3) is 0.312. The zero-order valence-corrected chi connectivity index (χ0v) is 49.6. The number of aromatic carboxylic acids is 2. The Morgan fingerprint density at radius 1 is 0.543 bits per heavy atom. The Kier molecular flexibility index (Phi) is 19.1. The largest absolute Gasteiger partial charge is 0.477 e. The van der Waals surface area contributed by atoms with Crippen LogP contribution in [0.3, 0.4) is 0 Å². The summed E-state index contributed by atoms with van der Waals surface area (Å²) in [7, 11) is 0. The van der Waals surface area contributed by atoms with Crippen molar-refractivity contribution in [3.05, 3.63) is 169 Å². The van der Waals surface area contributed by atoms with E-state index in [1.807, 2.05) is 84.9 Å². The zero-order chi connectivity index (χ0) is 63.5. The van der Waals surface area contributed by atoms with Crippen molar-refractivity contribution in [2.45, 2.75) is 101 Å². The van der Waals surface area contributed by atoms with Gasteiger partial charge in [0.05, 0.1) is 12.7 Å². The van der Waals surface area contributed by atoms with E-state index >= 15 is 0 Å². The summed E-state index contributed by atoms with van der Waals surface area (Å²) in [6, 6.07) is 32.5. The lowest BCUT2D eigenvalue weighted by molar-refractivity contribution is -0.152. The number of carboxylic acids is 2. The van der Waals surface area contributed by atoms with E-state index in [0.29, 0.717) is 35.4 Å². The van der Waals surface area contributed by atoms with Gasteiger partial charge in [-0.05, 0) is 66.8 Å². The van der Waals surface area contributed by atoms with Gasteiger partial charge in [-0.2, -0.15) is 0 Å². The maximum absolute atomic E-state index is 12.6. The summed E-state index contributed by atoms with van der Waals surface area (Å²) in [6.45, 7) is 4.78. The first-order chi connectivity index (χ1) is 45.0. The van der Waals surface area contributed by atoms with Crippen LogP contribution >= 0.6 is 0 Å². The van der Waals surface area contributed by atoms with Crippen LogP contribution in [-0.2, 0) is 28.4 Å². The SMILES string of the molecule is CCCCCCNC(=O)Nc1ncnc2c1ncn2C1OC(COc2ncccc2C(=O)O)C2OC(c3ccc(-c4ccccc4)cc3)OC21.CCNC(=O)Nc1ncnc2c1ncn2C1OC(COc2ncccc2C(=O)O)C2OC(C#Cc3ccccc3)OC21. The van der Waals surface area contributed by atoms with Gasteiger partial charge in [0.2, 0.25) is 18.1 Å². The van der Waals surface area contributed by atoms with Crippen LogP contribution in [0.25, 0.3) is 33.5 Å². The molecule has 0 aliphatic carbocycles. The lowest BCUT2D eigenvalue weighted by Crippen LogP contribution is -2.33. The van der Waals surface area contributed by atoms with Crippen LogP contribution in [0.5, 0.6) is 11.8 Å². The lowest BCUT2D eigenvalue weighted by Gasteiger charge is -2.22. The van der Waals surface area contributed by atoms with E-state index in [9.17, 15) is 29.4 Å². The number of urea groups is 2. The molecule has 9 aromatic rings. The molecule has 0 radical (unpaired) electrons. The molecule has 6 aromatic heterocycles. The van der Waals surface area contributed by atoms with Crippen LogP contribution in [0.15, 0.2) is 147 Å². The number of imidazole rings is 2. The topological polar surface area (TPSA) is 344 Å². The van der Waals surface area contributed by atoms with E-state index < -0.39 is 79.6 Å². The molecular formula is C64H62N14O14. The number of amides is 4. The maximum atomic E-state index is 12.6. The second-order valence-corrected chi connectivity index (χ2v) is 21.3. The first kappa shape index (κ1) is 61.7. The Balaban J connectivity index is 0.000000180. The van der Waals surface area contributed by atoms with Crippen molar-refractivity contribution in [2.24, 2.45) is 0 Å². The van der Waals surface area contributed by atoms with Crippen LogP contribution in [0.2, 0.25) is 0 Å². The number of carbonyl (C=O) groups is 4. The molecule has 6 N–H and O–H groups in total. The third-order valence-corrected chi connectivity index (χ3v) is 15.2.